The van der Waals surface area contributed by atoms with Gasteiger partial charge in [-0.15, -0.1) is 0 Å². The Morgan fingerprint density at radius 1 is 1.11 bits per heavy atom. The molecule has 0 amide bonds. The molecule has 0 aromatic carbocycles. The van der Waals surface area contributed by atoms with Gasteiger partial charge in [-0.25, -0.2) is 4.79 Å². The maximum Gasteiger partial charge on any atom is 1.00 e. The number of carbonyl (C=O) groups excluding carboxylic acids is 1. The van der Waals surface area contributed by atoms with Crippen molar-refractivity contribution in [3.05, 3.63) is 16.0 Å². The molecule has 0 aromatic heterocycles. The molecule has 0 heterocycles. The van der Waals surface area contributed by atoms with E-state index in [9.17, 15) is 19.5 Å². The van der Waals surface area contributed by atoms with Gasteiger partial charge >= 0.3 is 71.1 Å². The fourth-order valence-corrected chi connectivity index (χ4v) is 0.703. The van der Waals surface area contributed by atoms with E-state index >= 15 is 0 Å². The number of nitrogens with zero attached hydrogens (tertiary/aromatic N) is 3. The standard InChI is InChI=1S/C6H8O7.N3.2Na/c7-3(8)1-6(13,5(11)12)2-4(9)10;1-3-2;;/h13H,1-2H2,(H,7,8)(H,9,10)(H,11,12);;;/q;-1;2*+1/p-1. The summed E-state index contributed by atoms with van der Waals surface area (Å²) >= 11 is 0. The molecule has 0 aliphatic heterocycles. The minimum Gasteiger partial charge on any atom is -0.550 e. The van der Waals surface area contributed by atoms with Crippen LogP contribution in [0.5, 0.6) is 0 Å². The van der Waals surface area contributed by atoms with Crippen molar-refractivity contribution in [3.63, 3.8) is 0 Å². The third kappa shape index (κ3) is 13.7. The molecule has 1 unspecified atom stereocenters. The normalized spacial score (nSPS) is 10.9. The van der Waals surface area contributed by atoms with Crippen molar-refractivity contribution in [1.82, 2.24) is 0 Å². The van der Waals surface area contributed by atoms with E-state index in [1.807, 2.05) is 0 Å². The Hall–Kier alpha value is -0.320. The van der Waals surface area contributed by atoms with Crippen molar-refractivity contribution < 1.29 is 93.9 Å². The van der Waals surface area contributed by atoms with Crippen molar-refractivity contribution in [2.75, 3.05) is 0 Å². The molecule has 18 heavy (non-hydrogen) atoms. The quantitative estimate of drug-likeness (QED) is 0.192. The van der Waals surface area contributed by atoms with Gasteiger partial charge in [0.1, 0.15) is 0 Å². The molecule has 0 fully saturated rings. The summed E-state index contributed by atoms with van der Waals surface area (Å²) in [5.74, 6) is -5.34. The summed E-state index contributed by atoms with van der Waals surface area (Å²) in [7, 11) is 0. The van der Waals surface area contributed by atoms with Crippen LogP contribution < -0.4 is 64.2 Å². The first-order valence-corrected chi connectivity index (χ1v) is 3.55. The van der Waals surface area contributed by atoms with Crippen LogP contribution in [0.15, 0.2) is 0 Å². The van der Waals surface area contributed by atoms with Gasteiger partial charge in [-0.2, -0.15) is 0 Å². The number of rotatable bonds is 5. The minimum absolute atomic E-state index is 0. The smallest absolute Gasteiger partial charge is 0.550 e. The van der Waals surface area contributed by atoms with Gasteiger partial charge in [0.15, 0.2) is 5.60 Å². The summed E-state index contributed by atoms with van der Waals surface area (Å²) in [6.45, 7) is 0. The van der Waals surface area contributed by atoms with Crippen LogP contribution in [-0.4, -0.2) is 38.8 Å². The Labute approximate surface area is 145 Å². The molecule has 10 nitrogen and oxygen atoms in total. The summed E-state index contributed by atoms with van der Waals surface area (Å²) in [5.41, 5.74) is 10.7. The van der Waals surface area contributed by atoms with Crippen molar-refractivity contribution in [1.29, 1.82) is 0 Å². The Morgan fingerprint density at radius 2 is 1.44 bits per heavy atom. The van der Waals surface area contributed by atoms with E-state index < -0.39 is 36.4 Å². The largest absolute Gasteiger partial charge is 1.00 e. The molecule has 0 saturated heterocycles. The summed E-state index contributed by atoms with van der Waals surface area (Å²) in [4.78, 5) is 31.8. The third-order valence-corrected chi connectivity index (χ3v) is 1.28. The molecule has 0 aliphatic carbocycles. The number of hydrogen-bond acceptors (Lipinski definition) is 5. The zero-order valence-electron chi connectivity index (χ0n) is 9.73. The first-order chi connectivity index (χ1) is 7.19. The zero-order valence-corrected chi connectivity index (χ0v) is 13.7. The van der Waals surface area contributed by atoms with Crippen molar-refractivity contribution in [3.8, 4) is 0 Å². The predicted molar refractivity (Wildman–Crippen MR) is 44.5 cm³/mol. The molecule has 0 radical (unpaired) electrons. The van der Waals surface area contributed by atoms with Crippen LogP contribution >= 0.6 is 0 Å². The summed E-state index contributed by atoms with van der Waals surface area (Å²) < 4.78 is 0. The van der Waals surface area contributed by atoms with Gasteiger partial charge in [-0.3, -0.25) is 9.71 Å². The predicted octanol–water partition coefficient (Wildman–Crippen LogP) is -7.71. The Morgan fingerprint density at radius 3 is 1.61 bits per heavy atom. The summed E-state index contributed by atoms with van der Waals surface area (Å²) in [5, 5.41) is 35.5. The van der Waals surface area contributed by atoms with Crippen molar-refractivity contribution in [2.24, 2.45) is 0 Å². The molecule has 1 atom stereocenters. The maximum atomic E-state index is 10.3. The number of carboxylic acids is 3. The Kier molecular flexibility index (Phi) is 19.2. The zero-order chi connectivity index (χ0) is 13.4. The molecular formula is C6H7N3Na2O7. The van der Waals surface area contributed by atoms with Gasteiger partial charge in [0.05, 0.1) is 6.42 Å². The van der Waals surface area contributed by atoms with Crippen LogP contribution in [-0.2, 0) is 14.4 Å². The van der Waals surface area contributed by atoms with Crippen LogP contribution in [0.1, 0.15) is 12.8 Å². The molecule has 0 saturated carbocycles. The first kappa shape index (κ1) is 26.3. The van der Waals surface area contributed by atoms with Crippen LogP contribution in [0.3, 0.4) is 0 Å². The molecule has 3 N–H and O–H groups in total. The fraction of sp³-hybridized carbons (Fsp3) is 0.500. The number of aliphatic hydroxyl groups is 1. The van der Waals surface area contributed by atoms with E-state index in [0.717, 1.165) is 0 Å². The molecule has 12 heteroatoms. The third-order valence-electron chi connectivity index (χ3n) is 1.28. The SMILES string of the molecule is O=C([O-])CC(O)(CC(=O)O)C(=O)O.[N-]=[N+]=[N-].[Na+].[Na+]. The maximum absolute atomic E-state index is 10.3. The summed E-state index contributed by atoms with van der Waals surface area (Å²) in [6, 6.07) is 0. The number of carboxylic acid groups (broad SMARTS) is 3. The fourth-order valence-electron chi connectivity index (χ4n) is 0.703. The van der Waals surface area contributed by atoms with Crippen molar-refractivity contribution in [2.45, 2.75) is 18.4 Å². The first-order valence-electron chi connectivity index (χ1n) is 3.55. The Bertz CT molecular complexity index is 313. The molecule has 0 bridgehead atoms. The molecular weight excluding hydrogens is 272 g/mol. The van der Waals surface area contributed by atoms with Crippen LogP contribution in [0.25, 0.3) is 16.0 Å². The summed E-state index contributed by atoms with van der Waals surface area (Å²) in [6.07, 6.45) is -2.44. The Balaban J connectivity index is -0.000000177. The topological polar surface area (TPSA) is 194 Å². The van der Waals surface area contributed by atoms with E-state index in [2.05, 4.69) is 0 Å². The van der Waals surface area contributed by atoms with Gasteiger partial charge in [0.2, 0.25) is 0 Å². The van der Waals surface area contributed by atoms with E-state index in [4.69, 9.17) is 26.4 Å². The van der Waals surface area contributed by atoms with Crippen LogP contribution in [0, 0.1) is 0 Å². The minimum atomic E-state index is -2.80. The van der Waals surface area contributed by atoms with E-state index in [1.54, 1.807) is 0 Å². The van der Waals surface area contributed by atoms with Crippen molar-refractivity contribution >= 4 is 17.9 Å². The monoisotopic (exact) mass is 279 g/mol. The van der Waals surface area contributed by atoms with Gasteiger partial charge in [-0.1, -0.05) is 0 Å². The number of aliphatic carboxylic acids is 3. The second-order valence-electron chi connectivity index (χ2n) is 2.55. The molecule has 0 aromatic rings. The number of hydrogen-bond donors (Lipinski definition) is 3. The average molecular weight is 279 g/mol. The van der Waals surface area contributed by atoms with Gasteiger partial charge in [0, 0.05) is 12.4 Å². The second-order valence-corrected chi connectivity index (χ2v) is 2.55. The molecule has 0 rings (SSSR count). The van der Waals surface area contributed by atoms with Gasteiger partial charge < -0.3 is 36.3 Å². The van der Waals surface area contributed by atoms with Gasteiger partial charge in [0.25, 0.3) is 0 Å². The molecule has 90 valence electrons. The van der Waals surface area contributed by atoms with E-state index in [0.29, 0.717) is 0 Å². The van der Waals surface area contributed by atoms with Gasteiger partial charge in [-0.05, 0) is 0 Å². The van der Waals surface area contributed by atoms with Crippen LogP contribution in [0.2, 0.25) is 0 Å². The van der Waals surface area contributed by atoms with E-state index in [1.165, 1.54) is 4.91 Å². The van der Waals surface area contributed by atoms with Crippen LogP contribution in [0.4, 0.5) is 0 Å². The van der Waals surface area contributed by atoms with E-state index in [-0.39, 0.29) is 59.1 Å². The average Bonchev–Trinajstić information content (AvgIpc) is 2.01. The molecule has 0 aliphatic rings. The number of carbonyl (C=O) groups is 3. The molecule has 0 spiro atoms. The second kappa shape index (κ2) is 13.1.